The Morgan fingerprint density at radius 1 is 0.730 bits per heavy atom. The van der Waals surface area contributed by atoms with Gasteiger partial charge in [-0.05, 0) is 11.5 Å². The molecule has 5 saturated heterocycles. The van der Waals surface area contributed by atoms with Gasteiger partial charge in [0.15, 0.2) is 11.6 Å². The van der Waals surface area contributed by atoms with Crippen LogP contribution in [0.1, 0.15) is 12.8 Å². The molecule has 5 heterocycles. The van der Waals surface area contributed by atoms with E-state index in [1.54, 1.807) is 26.0 Å². The van der Waals surface area contributed by atoms with E-state index < -0.39 is 11.6 Å². The van der Waals surface area contributed by atoms with E-state index in [1.807, 2.05) is 23.5 Å². The van der Waals surface area contributed by atoms with Gasteiger partial charge in [0, 0.05) is 61.9 Å². The molecule has 9 nitrogen and oxygen atoms in total. The monoisotopic (exact) mass is 580 g/mol. The van der Waals surface area contributed by atoms with Crippen molar-refractivity contribution < 1.29 is 42.7 Å². The molecule has 0 aromatic heterocycles. The molecule has 2 spiro atoms. The van der Waals surface area contributed by atoms with Crippen molar-refractivity contribution in [1.82, 2.24) is 0 Å². The fourth-order valence-corrected chi connectivity index (χ4v) is 10.4. The lowest BCUT2D eigenvalue weighted by molar-refractivity contribution is -0.238. The Morgan fingerprint density at radius 2 is 1.16 bits per heavy atom. The highest BCUT2D eigenvalue weighted by atomic mass is 32.2. The van der Waals surface area contributed by atoms with Crippen molar-refractivity contribution >= 4 is 41.1 Å². The molecule has 5 aliphatic rings. The van der Waals surface area contributed by atoms with E-state index in [-0.39, 0.29) is 55.2 Å². The molecule has 5 fully saturated rings. The lowest BCUT2D eigenvalue weighted by Crippen LogP contribution is -2.58. The normalized spacial score (nSPS) is 35.2. The first kappa shape index (κ1) is 28.9. The molecular formula is C25H40O9S3. The van der Waals surface area contributed by atoms with Crippen LogP contribution >= 0.6 is 35.3 Å². The summed E-state index contributed by atoms with van der Waals surface area (Å²) in [4.78, 5) is 14.4. The summed E-state index contributed by atoms with van der Waals surface area (Å²) < 4.78 is 48.2. The molecule has 212 valence electrons. The zero-order valence-corrected chi connectivity index (χ0v) is 24.2. The van der Waals surface area contributed by atoms with Crippen LogP contribution in [0.3, 0.4) is 0 Å². The van der Waals surface area contributed by atoms with Crippen molar-refractivity contribution in [3.8, 4) is 0 Å². The van der Waals surface area contributed by atoms with Crippen LogP contribution in [-0.2, 0) is 42.7 Å². The van der Waals surface area contributed by atoms with Gasteiger partial charge in [-0.3, -0.25) is 4.79 Å². The minimum Gasteiger partial charge on any atom is -0.359 e. The number of carbonyl (C=O) groups is 1. The minimum atomic E-state index is -0.691. The molecule has 5 rings (SSSR count). The van der Waals surface area contributed by atoms with Crippen molar-refractivity contribution in [3.05, 3.63) is 0 Å². The van der Waals surface area contributed by atoms with Crippen LogP contribution in [0.2, 0.25) is 0 Å². The smallest absolute Gasteiger partial charge is 0.175 e. The van der Waals surface area contributed by atoms with Crippen LogP contribution in [-0.4, -0.2) is 118 Å². The Bertz CT molecular complexity index is 689. The van der Waals surface area contributed by atoms with E-state index >= 15 is 0 Å². The molecule has 6 atom stereocenters. The number of carbonyl (C=O) groups excluding carboxylic acids is 1. The molecule has 0 saturated carbocycles. The molecular weight excluding hydrogens is 540 g/mol. The predicted molar refractivity (Wildman–Crippen MR) is 143 cm³/mol. The van der Waals surface area contributed by atoms with Crippen molar-refractivity contribution in [2.24, 2.45) is 23.7 Å². The van der Waals surface area contributed by atoms with Gasteiger partial charge in [-0.15, -0.1) is 0 Å². The maximum atomic E-state index is 14.4. The first-order chi connectivity index (χ1) is 18.1. The van der Waals surface area contributed by atoms with Gasteiger partial charge in [0.05, 0.1) is 50.5 Å². The zero-order chi connectivity index (χ0) is 25.7. The van der Waals surface area contributed by atoms with E-state index in [9.17, 15) is 4.79 Å². The van der Waals surface area contributed by atoms with Gasteiger partial charge in [0.2, 0.25) is 0 Å². The number of thioether (sulfide) groups is 3. The fourth-order valence-electron chi connectivity index (χ4n) is 6.42. The van der Waals surface area contributed by atoms with Gasteiger partial charge in [-0.25, -0.2) is 0 Å². The van der Waals surface area contributed by atoms with Gasteiger partial charge in [0.25, 0.3) is 0 Å². The Labute approximate surface area is 232 Å². The van der Waals surface area contributed by atoms with Crippen LogP contribution in [0.5, 0.6) is 0 Å². The average Bonchev–Trinajstić information content (AvgIpc) is 3.58. The molecule has 0 bridgehead atoms. The van der Waals surface area contributed by atoms with Gasteiger partial charge >= 0.3 is 0 Å². The first-order valence-corrected chi connectivity index (χ1v) is 16.6. The molecule has 0 N–H and O–H groups in total. The lowest BCUT2D eigenvalue weighted by Gasteiger charge is -2.48. The van der Waals surface area contributed by atoms with Crippen LogP contribution in [0.25, 0.3) is 0 Å². The van der Waals surface area contributed by atoms with E-state index in [2.05, 4.69) is 0 Å². The summed E-state index contributed by atoms with van der Waals surface area (Å²) in [6.45, 7) is 2.53. The summed E-state index contributed by atoms with van der Waals surface area (Å²) in [7, 11) is 3.23. The van der Waals surface area contributed by atoms with Crippen LogP contribution < -0.4 is 0 Å². The SMILES string of the molecule is COCO[C@@H]([C@@H]1CSC[C@@H]([C@H](OCOC)[C@@H]2CSCCC23OCCO3)C1=O)[C@H]1CSCCC12OCCO2. The van der Waals surface area contributed by atoms with E-state index in [1.165, 1.54) is 0 Å². The van der Waals surface area contributed by atoms with Crippen molar-refractivity contribution in [1.29, 1.82) is 0 Å². The number of rotatable bonds is 10. The maximum Gasteiger partial charge on any atom is 0.175 e. The van der Waals surface area contributed by atoms with E-state index in [0.717, 1.165) is 35.9 Å². The number of hydrogen-bond donors (Lipinski definition) is 0. The second kappa shape index (κ2) is 13.4. The number of hydrogen-bond acceptors (Lipinski definition) is 12. The number of ether oxygens (including phenoxy) is 8. The summed E-state index contributed by atoms with van der Waals surface area (Å²) in [6.07, 6.45) is 0.849. The summed E-state index contributed by atoms with van der Waals surface area (Å²) >= 11 is 5.53. The van der Waals surface area contributed by atoms with E-state index in [0.29, 0.717) is 37.9 Å². The number of Topliss-reactive ketones (excluding diaryl/α,β-unsaturated/α-hetero) is 1. The summed E-state index contributed by atoms with van der Waals surface area (Å²) in [5, 5.41) is 0. The second-order valence-electron chi connectivity index (χ2n) is 10.1. The molecule has 0 aliphatic carbocycles. The van der Waals surface area contributed by atoms with Crippen LogP contribution in [0, 0.1) is 23.7 Å². The van der Waals surface area contributed by atoms with Crippen molar-refractivity contribution in [3.63, 3.8) is 0 Å². The summed E-state index contributed by atoms with van der Waals surface area (Å²) in [6, 6.07) is 0. The first-order valence-electron chi connectivity index (χ1n) is 13.2. The fraction of sp³-hybridized carbons (Fsp3) is 0.960. The highest BCUT2D eigenvalue weighted by molar-refractivity contribution is 7.99. The standard InChI is InChI=1S/C25H40O9S3/c1-27-15-29-22(19-13-35-9-3-24(19)31-5-6-32-24)17-11-37-12-18(21(17)26)23(30-16-28-2)20-14-36-10-4-25(20)33-7-8-34-25/h17-20,22-23H,3-16H2,1-2H3/t17-,18-,19-,20+,22+,23+/m1/s1. The van der Waals surface area contributed by atoms with E-state index in [4.69, 9.17) is 37.9 Å². The maximum absolute atomic E-state index is 14.4. The molecule has 12 heteroatoms. The highest BCUT2D eigenvalue weighted by Crippen LogP contribution is 2.48. The topological polar surface area (TPSA) is 90.9 Å². The third-order valence-electron chi connectivity index (χ3n) is 8.14. The Balaban J connectivity index is 1.41. The lowest BCUT2D eigenvalue weighted by atomic mass is 9.76. The van der Waals surface area contributed by atoms with Crippen molar-refractivity contribution in [2.45, 2.75) is 36.6 Å². The molecule has 37 heavy (non-hydrogen) atoms. The number of ketones is 1. The van der Waals surface area contributed by atoms with Gasteiger partial charge < -0.3 is 37.9 Å². The summed E-state index contributed by atoms with van der Waals surface area (Å²) in [5.74, 6) is 2.99. The Kier molecular flexibility index (Phi) is 10.5. The van der Waals surface area contributed by atoms with Gasteiger partial charge in [-0.2, -0.15) is 35.3 Å². The Hall–Kier alpha value is 0.400. The highest BCUT2D eigenvalue weighted by Gasteiger charge is 2.57. The quantitative estimate of drug-likeness (QED) is 0.356. The second-order valence-corrected chi connectivity index (χ2v) is 13.5. The third kappa shape index (κ3) is 6.05. The molecule has 0 aromatic carbocycles. The van der Waals surface area contributed by atoms with Gasteiger partial charge in [-0.1, -0.05) is 0 Å². The molecule has 0 radical (unpaired) electrons. The zero-order valence-electron chi connectivity index (χ0n) is 21.8. The summed E-state index contributed by atoms with van der Waals surface area (Å²) in [5.41, 5.74) is 0. The van der Waals surface area contributed by atoms with Crippen molar-refractivity contribution in [2.75, 3.05) is 88.8 Å². The molecule has 0 aromatic rings. The van der Waals surface area contributed by atoms with Crippen LogP contribution in [0.4, 0.5) is 0 Å². The predicted octanol–water partition coefficient (Wildman–Crippen LogP) is 2.51. The molecule has 0 unspecified atom stereocenters. The van der Waals surface area contributed by atoms with Gasteiger partial charge in [0.1, 0.15) is 19.4 Å². The average molecular weight is 581 g/mol. The van der Waals surface area contributed by atoms with Crippen LogP contribution in [0.15, 0.2) is 0 Å². The minimum absolute atomic E-state index is 0.0615. The molecule has 5 aliphatic heterocycles. The molecule has 0 amide bonds. The number of methoxy groups -OCH3 is 2. The largest absolute Gasteiger partial charge is 0.359 e. The third-order valence-corrected chi connectivity index (χ3v) is 11.5. The Morgan fingerprint density at radius 3 is 1.57 bits per heavy atom.